The van der Waals surface area contributed by atoms with Gasteiger partial charge in [0.2, 0.25) is 0 Å². The summed E-state index contributed by atoms with van der Waals surface area (Å²) in [6.45, 7) is 1.27. The fraction of sp³-hybridized carbons (Fsp3) is 0.364. The third-order valence-corrected chi connectivity index (χ3v) is 2.05. The van der Waals surface area contributed by atoms with Crippen LogP contribution < -0.4 is 10.5 Å². The van der Waals surface area contributed by atoms with Crippen molar-refractivity contribution in [3.8, 4) is 5.75 Å². The fourth-order valence-electron chi connectivity index (χ4n) is 1.39. The number of rotatable bonds is 5. The van der Waals surface area contributed by atoms with E-state index in [0.29, 0.717) is 6.54 Å². The van der Waals surface area contributed by atoms with Gasteiger partial charge in [0.25, 0.3) is 0 Å². The molecule has 1 aromatic carbocycles. The van der Waals surface area contributed by atoms with Crippen LogP contribution in [-0.2, 0) is 6.54 Å². The minimum atomic E-state index is 0.186. The van der Waals surface area contributed by atoms with Gasteiger partial charge in [-0.25, -0.2) is 0 Å². The number of amidine groups is 1. The highest BCUT2D eigenvalue weighted by Gasteiger charge is 2.01. The minimum Gasteiger partial charge on any atom is -0.497 e. The van der Waals surface area contributed by atoms with E-state index in [1.165, 1.54) is 5.56 Å². The number of hydrogen-bond acceptors (Lipinski definition) is 3. The van der Waals surface area contributed by atoms with Crippen LogP contribution in [-0.4, -0.2) is 31.4 Å². The van der Waals surface area contributed by atoms with Gasteiger partial charge in [-0.2, -0.15) is 0 Å². The third kappa shape index (κ3) is 3.99. The molecule has 4 heteroatoms. The molecule has 1 aromatic rings. The molecule has 0 fully saturated rings. The second kappa shape index (κ2) is 5.36. The van der Waals surface area contributed by atoms with Gasteiger partial charge in [-0.05, 0) is 24.7 Å². The summed E-state index contributed by atoms with van der Waals surface area (Å²) in [6.07, 6.45) is 0. The standard InChI is InChI=1S/C11H17N3O/c1-14(8-11(12)13)7-9-3-5-10(15-2)6-4-9/h3-6H,7-8H2,1-2H3,(H3,12,13). The number of ether oxygens (including phenoxy) is 1. The summed E-state index contributed by atoms with van der Waals surface area (Å²) in [5.74, 6) is 1.04. The molecule has 1 rings (SSSR count). The summed E-state index contributed by atoms with van der Waals surface area (Å²) in [4.78, 5) is 1.99. The topological polar surface area (TPSA) is 62.3 Å². The van der Waals surface area contributed by atoms with Gasteiger partial charge < -0.3 is 10.5 Å². The summed E-state index contributed by atoms with van der Waals surface area (Å²) in [6, 6.07) is 7.87. The normalized spacial score (nSPS) is 10.3. The summed E-state index contributed by atoms with van der Waals surface area (Å²) < 4.78 is 5.07. The SMILES string of the molecule is COc1ccc(CN(C)CC(=N)N)cc1. The van der Waals surface area contributed by atoms with Crippen molar-refractivity contribution in [2.24, 2.45) is 5.73 Å². The predicted octanol–water partition coefficient (Wildman–Crippen LogP) is 1.06. The molecule has 0 aromatic heterocycles. The van der Waals surface area contributed by atoms with E-state index in [4.69, 9.17) is 15.9 Å². The number of nitrogens with zero attached hydrogens (tertiary/aromatic N) is 1. The van der Waals surface area contributed by atoms with E-state index in [9.17, 15) is 0 Å². The Labute approximate surface area is 90.2 Å². The molecule has 0 spiro atoms. The van der Waals surface area contributed by atoms with E-state index in [-0.39, 0.29) is 5.84 Å². The first-order valence-corrected chi connectivity index (χ1v) is 4.76. The van der Waals surface area contributed by atoms with E-state index in [0.717, 1.165) is 12.3 Å². The van der Waals surface area contributed by atoms with Gasteiger partial charge in [0.05, 0.1) is 13.7 Å². The Bertz CT molecular complexity index is 321. The molecule has 0 saturated carbocycles. The molecule has 0 bridgehead atoms. The molecule has 15 heavy (non-hydrogen) atoms. The Hall–Kier alpha value is -1.55. The van der Waals surface area contributed by atoms with Crippen molar-refractivity contribution in [3.05, 3.63) is 29.8 Å². The maximum absolute atomic E-state index is 7.17. The number of methoxy groups -OCH3 is 1. The van der Waals surface area contributed by atoms with Gasteiger partial charge in [0.1, 0.15) is 11.6 Å². The smallest absolute Gasteiger partial charge is 0.118 e. The third-order valence-electron chi connectivity index (χ3n) is 2.05. The van der Waals surface area contributed by atoms with Crippen LogP contribution in [0.2, 0.25) is 0 Å². The van der Waals surface area contributed by atoms with Gasteiger partial charge >= 0.3 is 0 Å². The Morgan fingerprint density at radius 3 is 2.47 bits per heavy atom. The molecule has 0 aliphatic rings. The van der Waals surface area contributed by atoms with E-state index in [2.05, 4.69) is 0 Å². The highest BCUT2D eigenvalue weighted by molar-refractivity contribution is 5.78. The summed E-state index contributed by atoms with van der Waals surface area (Å²) >= 11 is 0. The highest BCUT2D eigenvalue weighted by Crippen LogP contribution is 2.12. The maximum Gasteiger partial charge on any atom is 0.118 e. The Kier molecular flexibility index (Phi) is 4.12. The van der Waals surface area contributed by atoms with E-state index >= 15 is 0 Å². The van der Waals surface area contributed by atoms with Crippen molar-refractivity contribution in [2.45, 2.75) is 6.54 Å². The number of nitrogens with two attached hydrogens (primary N) is 1. The number of nitrogens with one attached hydrogen (secondary N) is 1. The zero-order valence-corrected chi connectivity index (χ0v) is 9.16. The number of likely N-dealkylation sites (N-methyl/N-ethyl adjacent to an activating group) is 1. The Morgan fingerprint density at radius 1 is 1.40 bits per heavy atom. The van der Waals surface area contributed by atoms with E-state index in [1.54, 1.807) is 7.11 Å². The van der Waals surface area contributed by atoms with Crippen molar-refractivity contribution < 1.29 is 4.74 Å². The van der Waals surface area contributed by atoms with Crippen molar-refractivity contribution >= 4 is 5.84 Å². The first-order chi connectivity index (χ1) is 7.11. The first-order valence-electron chi connectivity index (χ1n) is 4.76. The molecule has 0 aliphatic carbocycles. The zero-order chi connectivity index (χ0) is 11.3. The lowest BCUT2D eigenvalue weighted by molar-refractivity contribution is 0.371. The molecule has 82 valence electrons. The molecule has 0 unspecified atom stereocenters. The molecule has 0 radical (unpaired) electrons. The van der Waals surface area contributed by atoms with Gasteiger partial charge in [-0.1, -0.05) is 12.1 Å². The zero-order valence-electron chi connectivity index (χ0n) is 9.16. The first kappa shape index (κ1) is 11.5. The molecule has 0 saturated heterocycles. The Balaban J connectivity index is 2.53. The van der Waals surface area contributed by atoms with E-state index < -0.39 is 0 Å². The van der Waals surface area contributed by atoms with Crippen LogP contribution in [0.1, 0.15) is 5.56 Å². The van der Waals surface area contributed by atoms with Crippen molar-refractivity contribution in [1.82, 2.24) is 4.90 Å². The molecule has 0 aliphatic heterocycles. The molecule has 0 atom stereocenters. The quantitative estimate of drug-likeness (QED) is 0.560. The lowest BCUT2D eigenvalue weighted by Crippen LogP contribution is -2.29. The molecule has 4 nitrogen and oxygen atoms in total. The van der Waals surface area contributed by atoms with Crippen molar-refractivity contribution in [1.29, 1.82) is 5.41 Å². The van der Waals surface area contributed by atoms with Crippen LogP contribution >= 0.6 is 0 Å². The molecule has 0 amide bonds. The monoisotopic (exact) mass is 207 g/mol. The van der Waals surface area contributed by atoms with Crippen LogP contribution in [0.25, 0.3) is 0 Å². The summed E-state index contributed by atoms with van der Waals surface area (Å²) in [5.41, 5.74) is 6.49. The van der Waals surface area contributed by atoms with Crippen LogP contribution in [0.15, 0.2) is 24.3 Å². The van der Waals surface area contributed by atoms with Gasteiger partial charge in [-0.3, -0.25) is 10.3 Å². The largest absolute Gasteiger partial charge is 0.497 e. The lowest BCUT2D eigenvalue weighted by Gasteiger charge is -2.15. The number of hydrogen-bond donors (Lipinski definition) is 2. The molecular formula is C11H17N3O. The average molecular weight is 207 g/mol. The second-order valence-corrected chi connectivity index (χ2v) is 3.55. The summed E-state index contributed by atoms with van der Waals surface area (Å²) in [5, 5.41) is 7.17. The fourth-order valence-corrected chi connectivity index (χ4v) is 1.39. The van der Waals surface area contributed by atoms with Crippen LogP contribution in [0.5, 0.6) is 5.75 Å². The predicted molar refractivity (Wildman–Crippen MR) is 61.2 cm³/mol. The summed E-state index contributed by atoms with van der Waals surface area (Å²) in [7, 11) is 3.59. The lowest BCUT2D eigenvalue weighted by atomic mass is 10.2. The number of benzene rings is 1. The van der Waals surface area contributed by atoms with Gasteiger partial charge in [0.15, 0.2) is 0 Å². The van der Waals surface area contributed by atoms with Crippen molar-refractivity contribution in [3.63, 3.8) is 0 Å². The maximum atomic E-state index is 7.17. The van der Waals surface area contributed by atoms with Crippen molar-refractivity contribution in [2.75, 3.05) is 20.7 Å². The highest BCUT2D eigenvalue weighted by atomic mass is 16.5. The van der Waals surface area contributed by atoms with Gasteiger partial charge in [0, 0.05) is 6.54 Å². The molecular weight excluding hydrogens is 190 g/mol. The van der Waals surface area contributed by atoms with Crippen LogP contribution in [0, 0.1) is 5.41 Å². The van der Waals surface area contributed by atoms with E-state index in [1.807, 2.05) is 36.2 Å². The molecule has 3 N–H and O–H groups in total. The van der Waals surface area contributed by atoms with Crippen LogP contribution in [0.4, 0.5) is 0 Å². The second-order valence-electron chi connectivity index (χ2n) is 3.55. The molecule has 0 heterocycles. The average Bonchev–Trinajstić information content (AvgIpc) is 2.17. The minimum absolute atomic E-state index is 0.186. The Morgan fingerprint density at radius 2 is 2.00 bits per heavy atom. The van der Waals surface area contributed by atoms with Gasteiger partial charge in [-0.15, -0.1) is 0 Å². The van der Waals surface area contributed by atoms with Crippen LogP contribution in [0.3, 0.4) is 0 Å².